The SMILES string of the molecule is O=C1N=C(N2CCCCC2)S/C1=C\c1cn[nH]c1-c1ccccc1. The third-order valence-corrected chi connectivity index (χ3v) is 5.30. The van der Waals surface area contributed by atoms with Gasteiger partial charge in [0.1, 0.15) is 0 Å². The molecule has 1 aromatic carbocycles. The maximum Gasteiger partial charge on any atom is 0.286 e. The van der Waals surface area contributed by atoms with Gasteiger partial charge in [-0.15, -0.1) is 0 Å². The third-order valence-electron chi connectivity index (χ3n) is 4.25. The summed E-state index contributed by atoms with van der Waals surface area (Å²) < 4.78 is 0. The topological polar surface area (TPSA) is 61.4 Å². The highest BCUT2D eigenvalue weighted by atomic mass is 32.2. The lowest BCUT2D eigenvalue weighted by Gasteiger charge is -2.27. The van der Waals surface area contributed by atoms with Crippen molar-refractivity contribution in [2.45, 2.75) is 19.3 Å². The van der Waals surface area contributed by atoms with Gasteiger partial charge in [-0.2, -0.15) is 10.1 Å². The zero-order valence-electron chi connectivity index (χ0n) is 13.2. The number of aliphatic imine (C=N–C) groups is 1. The summed E-state index contributed by atoms with van der Waals surface area (Å²) in [4.78, 5) is 19.4. The number of carbonyl (C=O) groups excluding carboxylic acids is 1. The van der Waals surface area contributed by atoms with Gasteiger partial charge in [-0.05, 0) is 37.1 Å². The van der Waals surface area contributed by atoms with Gasteiger partial charge in [0.25, 0.3) is 5.91 Å². The molecule has 2 aliphatic rings. The van der Waals surface area contributed by atoms with E-state index in [1.165, 1.54) is 31.0 Å². The van der Waals surface area contributed by atoms with E-state index < -0.39 is 0 Å². The van der Waals surface area contributed by atoms with E-state index in [0.29, 0.717) is 4.91 Å². The first-order valence-corrected chi connectivity index (χ1v) is 8.99. The molecular weight excluding hydrogens is 320 g/mol. The molecule has 0 aliphatic carbocycles. The molecule has 0 atom stereocenters. The highest BCUT2D eigenvalue weighted by Gasteiger charge is 2.27. The average Bonchev–Trinajstić information content (AvgIpc) is 3.24. The van der Waals surface area contributed by atoms with Crippen LogP contribution in [0.25, 0.3) is 17.3 Å². The van der Waals surface area contributed by atoms with E-state index in [9.17, 15) is 4.79 Å². The molecule has 0 saturated carbocycles. The lowest BCUT2D eigenvalue weighted by atomic mass is 10.1. The Labute approximate surface area is 144 Å². The maximum atomic E-state index is 12.3. The Hall–Kier alpha value is -2.34. The molecule has 6 heteroatoms. The van der Waals surface area contributed by atoms with Crippen LogP contribution in [-0.2, 0) is 4.79 Å². The van der Waals surface area contributed by atoms with Gasteiger partial charge in [-0.25, -0.2) is 0 Å². The molecule has 1 fully saturated rings. The number of benzene rings is 1. The van der Waals surface area contributed by atoms with Crippen molar-refractivity contribution in [3.8, 4) is 11.3 Å². The van der Waals surface area contributed by atoms with Crippen molar-refractivity contribution in [2.24, 2.45) is 4.99 Å². The molecule has 0 spiro atoms. The number of piperidine rings is 1. The zero-order valence-corrected chi connectivity index (χ0v) is 14.1. The van der Waals surface area contributed by atoms with Gasteiger partial charge in [-0.1, -0.05) is 30.3 Å². The molecule has 2 aliphatic heterocycles. The van der Waals surface area contributed by atoms with Crippen LogP contribution in [0.4, 0.5) is 0 Å². The van der Waals surface area contributed by atoms with Crippen molar-refractivity contribution in [3.05, 3.63) is 47.0 Å². The maximum absolute atomic E-state index is 12.3. The molecule has 2 aromatic rings. The van der Waals surface area contributed by atoms with E-state index in [4.69, 9.17) is 0 Å². The third kappa shape index (κ3) is 3.01. The molecule has 24 heavy (non-hydrogen) atoms. The summed E-state index contributed by atoms with van der Waals surface area (Å²) in [7, 11) is 0. The number of aromatic nitrogens is 2. The van der Waals surface area contributed by atoms with Crippen molar-refractivity contribution >= 4 is 28.9 Å². The molecule has 122 valence electrons. The fourth-order valence-electron chi connectivity index (χ4n) is 3.00. The number of hydrogen-bond acceptors (Lipinski definition) is 4. The smallest absolute Gasteiger partial charge is 0.286 e. The standard InChI is InChI=1S/C18H18N4OS/c23-17-15(24-18(20-17)22-9-5-2-6-10-22)11-14-12-19-21-16(14)13-7-3-1-4-8-13/h1,3-4,7-8,11-12H,2,5-6,9-10H2,(H,19,21)/b15-11-. The number of carbonyl (C=O) groups is 1. The van der Waals surface area contributed by atoms with Crippen LogP contribution in [-0.4, -0.2) is 39.3 Å². The number of hydrogen-bond donors (Lipinski definition) is 1. The van der Waals surface area contributed by atoms with Crippen molar-refractivity contribution in [1.82, 2.24) is 15.1 Å². The minimum Gasteiger partial charge on any atom is -0.351 e. The Balaban J connectivity index is 1.57. The second-order valence-corrected chi connectivity index (χ2v) is 6.93. The predicted octanol–water partition coefficient (Wildman–Crippen LogP) is 3.53. The lowest BCUT2D eigenvalue weighted by Crippen LogP contribution is -2.33. The number of amidine groups is 1. The Kier molecular flexibility index (Phi) is 4.21. The largest absolute Gasteiger partial charge is 0.351 e. The van der Waals surface area contributed by atoms with Gasteiger partial charge in [0.2, 0.25) is 0 Å². The molecule has 0 bridgehead atoms. The van der Waals surface area contributed by atoms with E-state index in [2.05, 4.69) is 20.1 Å². The van der Waals surface area contributed by atoms with Crippen LogP contribution in [0.3, 0.4) is 0 Å². The summed E-state index contributed by atoms with van der Waals surface area (Å²) in [6.45, 7) is 1.99. The fraction of sp³-hybridized carbons (Fsp3) is 0.278. The fourth-order valence-corrected chi connectivity index (χ4v) is 3.96. The van der Waals surface area contributed by atoms with Crippen LogP contribution >= 0.6 is 11.8 Å². The number of amides is 1. The van der Waals surface area contributed by atoms with Crippen LogP contribution in [0.1, 0.15) is 24.8 Å². The molecular formula is C18H18N4OS. The number of likely N-dealkylation sites (tertiary alicyclic amines) is 1. The Morgan fingerprint density at radius 2 is 1.92 bits per heavy atom. The van der Waals surface area contributed by atoms with Crippen LogP contribution < -0.4 is 0 Å². The van der Waals surface area contributed by atoms with Gasteiger partial charge in [0.05, 0.1) is 16.8 Å². The van der Waals surface area contributed by atoms with Gasteiger partial charge >= 0.3 is 0 Å². The monoisotopic (exact) mass is 338 g/mol. The normalized spacial score (nSPS) is 19.8. The average molecular weight is 338 g/mol. The van der Waals surface area contributed by atoms with Crippen LogP contribution in [0.15, 0.2) is 46.4 Å². The van der Waals surface area contributed by atoms with Crippen LogP contribution in [0.5, 0.6) is 0 Å². The Morgan fingerprint density at radius 1 is 1.12 bits per heavy atom. The van der Waals surface area contributed by atoms with E-state index in [1.54, 1.807) is 6.20 Å². The molecule has 5 nitrogen and oxygen atoms in total. The molecule has 1 aromatic heterocycles. The highest BCUT2D eigenvalue weighted by Crippen LogP contribution is 2.33. The molecule has 1 saturated heterocycles. The first-order valence-electron chi connectivity index (χ1n) is 8.17. The second-order valence-electron chi connectivity index (χ2n) is 5.92. The number of nitrogens with one attached hydrogen (secondary N) is 1. The first-order chi connectivity index (χ1) is 11.8. The van der Waals surface area contributed by atoms with Crippen molar-refractivity contribution in [1.29, 1.82) is 0 Å². The summed E-state index contributed by atoms with van der Waals surface area (Å²) in [6, 6.07) is 10.00. The van der Waals surface area contributed by atoms with E-state index in [0.717, 1.165) is 35.1 Å². The summed E-state index contributed by atoms with van der Waals surface area (Å²) >= 11 is 1.47. The van der Waals surface area contributed by atoms with Crippen molar-refractivity contribution < 1.29 is 4.79 Å². The molecule has 1 N–H and O–H groups in total. The van der Waals surface area contributed by atoms with E-state index in [-0.39, 0.29) is 5.91 Å². The van der Waals surface area contributed by atoms with Crippen LogP contribution in [0.2, 0.25) is 0 Å². The quantitative estimate of drug-likeness (QED) is 0.851. The van der Waals surface area contributed by atoms with Gasteiger partial charge in [0.15, 0.2) is 5.17 Å². The Bertz CT molecular complexity index is 803. The highest BCUT2D eigenvalue weighted by molar-refractivity contribution is 8.18. The first kappa shape index (κ1) is 15.2. The van der Waals surface area contributed by atoms with Crippen LogP contribution in [0, 0.1) is 0 Å². The lowest BCUT2D eigenvalue weighted by molar-refractivity contribution is -0.113. The number of aromatic amines is 1. The number of H-pyrrole nitrogens is 1. The van der Waals surface area contributed by atoms with Crippen molar-refractivity contribution in [2.75, 3.05) is 13.1 Å². The summed E-state index contributed by atoms with van der Waals surface area (Å²) in [5, 5.41) is 8.00. The minimum absolute atomic E-state index is 0.152. The van der Waals surface area contributed by atoms with Gasteiger partial charge in [-0.3, -0.25) is 9.89 Å². The molecule has 3 heterocycles. The molecule has 1 amide bonds. The van der Waals surface area contributed by atoms with Gasteiger partial charge < -0.3 is 4.90 Å². The van der Waals surface area contributed by atoms with E-state index in [1.807, 2.05) is 36.4 Å². The summed E-state index contributed by atoms with van der Waals surface area (Å²) in [5.74, 6) is -0.152. The molecule has 4 rings (SSSR count). The Morgan fingerprint density at radius 3 is 2.71 bits per heavy atom. The predicted molar refractivity (Wildman–Crippen MR) is 97.5 cm³/mol. The summed E-state index contributed by atoms with van der Waals surface area (Å²) in [6.07, 6.45) is 7.25. The number of thioether (sulfide) groups is 1. The van der Waals surface area contributed by atoms with E-state index >= 15 is 0 Å². The minimum atomic E-state index is -0.152. The summed E-state index contributed by atoms with van der Waals surface area (Å²) in [5.41, 5.74) is 2.88. The van der Waals surface area contributed by atoms with Crippen molar-refractivity contribution in [3.63, 3.8) is 0 Å². The zero-order chi connectivity index (χ0) is 16.4. The molecule has 0 radical (unpaired) electrons. The number of rotatable bonds is 2. The molecule has 0 unspecified atom stereocenters. The number of nitrogens with zero attached hydrogens (tertiary/aromatic N) is 3. The van der Waals surface area contributed by atoms with Gasteiger partial charge in [0, 0.05) is 24.2 Å². The second kappa shape index (κ2) is 6.65.